The summed E-state index contributed by atoms with van der Waals surface area (Å²) in [4.78, 5) is 13.9. The highest BCUT2D eigenvalue weighted by atomic mass is 32.1. The van der Waals surface area contributed by atoms with Gasteiger partial charge in [-0.2, -0.15) is 11.3 Å². The van der Waals surface area contributed by atoms with Gasteiger partial charge in [0, 0.05) is 25.7 Å². The Balaban J connectivity index is 1.73. The predicted molar refractivity (Wildman–Crippen MR) is 91.2 cm³/mol. The van der Waals surface area contributed by atoms with Gasteiger partial charge in [0.25, 0.3) is 0 Å². The highest BCUT2D eigenvalue weighted by Gasteiger charge is 2.29. The third kappa shape index (κ3) is 5.29. The number of thiophene rings is 1. The Hall–Kier alpha value is -1.07. The molecular formula is C17H28N2O2S. The number of nitrogens with one attached hydrogen (secondary N) is 1. The Bertz CT molecular complexity index is 460. The smallest absolute Gasteiger partial charge is 0.410 e. The van der Waals surface area contributed by atoms with E-state index in [1.165, 1.54) is 5.56 Å². The molecule has 1 amide bonds. The van der Waals surface area contributed by atoms with Gasteiger partial charge in [-0.15, -0.1) is 0 Å². The Kier molecular flexibility index (Phi) is 5.87. The van der Waals surface area contributed by atoms with E-state index in [1.807, 2.05) is 27.8 Å². The zero-order chi connectivity index (χ0) is 16.2. The monoisotopic (exact) mass is 324 g/mol. The van der Waals surface area contributed by atoms with Crippen molar-refractivity contribution in [2.24, 2.45) is 0 Å². The maximum Gasteiger partial charge on any atom is 0.410 e. The molecule has 0 unspecified atom stereocenters. The predicted octanol–water partition coefficient (Wildman–Crippen LogP) is 4.02. The van der Waals surface area contributed by atoms with Crippen molar-refractivity contribution in [2.45, 2.75) is 70.7 Å². The molecule has 1 saturated carbocycles. The largest absolute Gasteiger partial charge is 0.444 e. The molecule has 1 aliphatic carbocycles. The van der Waals surface area contributed by atoms with Crippen LogP contribution >= 0.6 is 11.3 Å². The summed E-state index contributed by atoms with van der Waals surface area (Å²) in [5.74, 6) is 0. The van der Waals surface area contributed by atoms with E-state index in [-0.39, 0.29) is 6.09 Å². The lowest BCUT2D eigenvalue weighted by Gasteiger charge is -2.35. The zero-order valence-corrected chi connectivity index (χ0v) is 14.9. The zero-order valence-electron chi connectivity index (χ0n) is 14.1. The Morgan fingerprint density at radius 3 is 2.59 bits per heavy atom. The van der Waals surface area contributed by atoms with Crippen LogP contribution in [0, 0.1) is 0 Å². The van der Waals surface area contributed by atoms with E-state index in [1.54, 1.807) is 16.2 Å². The second-order valence-electron chi connectivity index (χ2n) is 7.11. The second-order valence-corrected chi connectivity index (χ2v) is 7.89. The fraction of sp³-hybridized carbons (Fsp3) is 0.706. The lowest BCUT2D eigenvalue weighted by molar-refractivity contribution is 0.0179. The third-order valence-electron chi connectivity index (χ3n) is 4.10. The molecule has 1 aliphatic rings. The van der Waals surface area contributed by atoms with E-state index in [4.69, 9.17) is 4.74 Å². The average molecular weight is 324 g/mol. The van der Waals surface area contributed by atoms with E-state index >= 15 is 0 Å². The van der Waals surface area contributed by atoms with Crippen LogP contribution in [-0.4, -0.2) is 35.7 Å². The number of hydrogen-bond donors (Lipinski definition) is 1. The fourth-order valence-electron chi connectivity index (χ4n) is 2.81. The van der Waals surface area contributed by atoms with Gasteiger partial charge < -0.3 is 15.0 Å². The third-order valence-corrected chi connectivity index (χ3v) is 4.83. The highest BCUT2D eigenvalue weighted by Crippen LogP contribution is 2.24. The van der Waals surface area contributed by atoms with Crippen molar-refractivity contribution >= 4 is 17.4 Å². The van der Waals surface area contributed by atoms with Crippen molar-refractivity contribution in [3.63, 3.8) is 0 Å². The van der Waals surface area contributed by atoms with Gasteiger partial charge in [-0.25, -0.2) is 4.79 Å². The summed E-state index contributed by atoms with van der Waals surface area (Å²) < 4.78 is 5.45. The van der Waals surface area contributed by atoms with Crippen molar-refractivity contribution < 1.29 is 9.53 Å². The van der Waals surface area contributed by atoms with Crippen LogP contribution in [0.5, 0.6) is 0 Å². The van der Waals surface area contributed by atoms with Gasteiger partial charge in [-0.3, -0.25) is 0 Å². The van der Waals surface area contributed by atoms with Crippen LogP contribution < -0.4 is 5.32 Å². The van der Waals surface area contributed by atoms with Crippen LogP contribution in [0.4, 0.5) is 4.79 Å². The SMILES string of the molecule is CN(C(=O)OC(C)(C)C)C1CCC(NCc2ccsc2)CC1. The Morgan fingerprint density at radius 1 is 1.36 bits per heavy atom. The minimum absolute atomic E-state index is 0.206. The quantitative estimate of drug-likeness (QED) is 0.909. The molecule has 0 atom stereocenters. The highest BCUT2D eigenvalue weighted by molar-refractivity contribution is 7.07. The topological polar surface area (TPSA) is 41.6 Å². The molecule has 124 valence electrons. The molecule has 1 aromatic rings. The lowest BCUT2D eigenvalue weighted by atomic mass is 9.90. The molecule has 0 aliphatic heterocycles. The molecule has 22 heavy (non-hydrogen) atoms. The first-order chi connectivity index (χ1) is 10.3. The maximum absolute atomic E-state index is 12.1. The average Bonchev–Trinajstić information content (AvgIpc) is 2.96. The van der Waals surface area contributed by atoms with E-state index in [0.717, 1.165) is 32.2 Å². The first kappa shape index (κ1) is 17.3. The van der Waals surface area contributed by atoms with Crippen LogP contribution in [-0.2, 0) is 11.3 Å². The van der Waals surface area contributed by atoms with Crippen molar-refractivity contribution in [2.75, 3.05) is 7.05 Å². The molecule has 0 bridgehead atoms. The lowest BCUT2D eigenvalue weighted by Crippen LogP contribution is -2.44. The standard InChI is InChI=1S/C17H28N2O2S/c1-17(2,3)21-16(20)19(4)15-7-5-14(6-8-15)18-11-13-9-10-22-12-13/h9-10,12,14-15,18H,5-8,11H2,1-4H3. The molecule has 0 aromatic carbocycles. The number of hydrogen-bond acceptors (Lipinski definition) is 4. The fourth-order valence-corrected chi connectivity index (χ4v) is 3.47. The summed E-state index contributed by atoms with van der Waals surface area (Å²) in [6, 6.07) is 3.02. The van der Waals surface area contributed by atoms with Crippen molar-refractivity contribution in [1.29, 1.82) is 0 Å². The summed E-state index contributed by atoms with van der Waals surface area (Å²) in [6.07, 6.45) is 4.10. The molecule has 1 fully saturated rings. The number of carbonyl (C=O) groups excluding carboxylic acids is 1. The Morgan fingerprint density at radius 2 is 2.05 bits per heavy atom. The van der Waals surface area contributed by atoms with E-state index in [2.05, 4.69) is 22.1 Å². The van der Waals surface area contributed by atoms with E-state index < -0.39 is 5.60 Å². The first-order valence-corrected chi connectivity index (χ1v) is 9.00. The summed E-state index contributed by atoms with van der Waals surface area (Å²) in [7, 11) is 1.86. The first-order valence-electron chi connectivity index (χ1n) is 8.05. The van der Waals surface area contributed by atoms with Crippen LogP contribution in [0.2, 0.25) is 0 Å². The van der Waals surface area contributed by atoms with Gasteiger partial charge >= 0.3 is 6.09 Å². The number of rotatable bonds is 4. The summed E-state index contributed by atoms with van der Waals surface area (Å²) in [6.45, 7) is 6.67. The van der Waals surface area contributed by atoms with Crippen LogP contribution in [0.1, 0.15) is 52.0 Å². The van der Waals surface area contributed by atoms with Gasteiger partial charge in [-0.05, 0) is 68.8 Å². The van der Waals surface area contributed by atoms with Gasteiger partial charge in [-0.1, -0.05) is 0 Å². The second kappa shape index (κ2) is 7.47. The van der Waals surface area contributed by atoms with Crippen LogP contribution in [0.25, 0.3) is 0 Å². The van der Waals surface area contributed by atoms with Gasteiger partial charge in [0.15, 0.2) is 0 Å². The molecule has 2 rings (SSSR count). The van der Waals surface area contributed by atoms with Crippen molar-refractivity contribution in [3.05, 3.63) is 22.4 Å². The van der Waals surface area contributed by atoms with Crippen molar-refractivity contribution in [3.8, 4) is 0 Å². The van der Waals surface area contributed by atoms with Gasteiger partial charge in [0.1, 0.15) is 5.60 Å². The minimum Gasteiger partial charge on any atom is -0.444 e. The molecule has 4 nitrogen and oxygen atoms in total. The van der Waals surface area contributed by atoms with Crippen LogP contribution in [0.3, 0.4) is 0 Å². The molecule has 1 N–H and O–H groups in total. The summed E-state index contributed by atoms with van der Waals surface area (Å²) >= 11 is 1.74. The molecular weight excluding hydrogens is 296 g/mol. The number of carbonyl (C=O) groups is 1. The number of amides is 1. The molecule has 0 saturated heterocycles. The molecule has 0 spiro atoms. The normalized spacial score (nSPS) is 22.4. The van der Waals surface area contributed by atoms with Gasteiger partial charge in [0.05, 0.1) is 0 Å². The number of ether oxygens (including phenoxy) is 1. The van der Waals surface area contributed by atoms with Gasteiger partial charge in [0.2, 0.25) is 0 Å². The number of nitrogens with zero attached hydrogens (tertiary/aromatic N) is 1. The molecule has 5 heteroatoms. The Labute approximate surface area is 137 Å². The molecule has 1 heterocycles. The molecule has 0 radical (unpaired) electrons. The summed E-state index contributed by atoms with van der Waals surface area (Å²) in [5, 5.41) is 7.93. The maximum atomic E-state index is 12.1. The van der Waals surface area contributed by atoms with E-state index in [9.17, 15) is 4.79 Å². The van der Waals surface area contributed by atoms with E-state index in [0.29, 0.717) is 12.1 Å². The minimum atomic E-state index is -0.426. The summed E-state index contributed by atoms with van der Waals surface area (Å²) in [5.41, 5.74) is 0.933. The van der Waals surface area contributed by atoms with Crippen LogP contribution in [0.15, 0.2) is 16.8 Å². The molecule has 1 aromatic heterocycles. The van der Waals surface area contributed by atoms with Crippen molar-refractivity contribution in [1.82, 2.24) is 10.2 Å².